The van der Waals surface area contributed by atoms with E-state index in [2.05, 4.69) is 15.2 Å². The Morgan fingerprint density at radius 3 is 2.66 bits per heavy atom. The minimum absolute atomic E-state index is 0.179. The number of rotatable bonds is 6. The molecule has 4 rings (SSSR count). The molecule has 2 aromatic carbocycles. The summed E-state index contributed by atoms with van der Waals surface area (Å²) in [5, 5.41) is 10.8. The van der Waals surface area contributed by atoms with Gasteiger partial charge in [0.2, 0.25) is 11.8 Å². The zero-order chi connectivity index (χ0) is 20.2. The highest BCUT2D eigenvalue weighted by Crippen LogP contribution is 2.32. The topological polar surface area (TPSA) is 72.1 Å². The molecule has 2 aromatic heterocycles. The number of amides is 1. The van der Waals surface area contributed by atoms with Gasteiger partial charge in [-0.25, -0.2) is 9.37 Å². The summed E-state index contributed by atoms with van der Waals surface area (Å²) in [7, 11) is 0. The summed E-state index contributed by atoms with van der Waals surface area (Å²) in [6.07, 6.45) is 0. The number of hydrogen-bond donors (Lipinski definition) is 0. The maximum Gasteiger partial charge on any atom is 0.277 e. The first-order chi connectivity index (χ1) is 14.1. The number of hydrogen-bond acceptors (Lipinski definition) is 7. The normalized spacial score (nSPS) is 10.8. The molecule has 4 aromatic rings. The van der Waals surface area contributed by atoms with Crippen molar-refractivity contribution >= 4 is 39.8 Å². The minimum atomic E-state index is -0.479. The van der Waals surface area contributed by atoms with Gasteiger partial charge in [0.25, 0.3) is 5.22 Å². The summed E-state index contributed by atoms with van der Waals surface area (Å²) in [5.41, 5.74) is 1.76. The van der Waals surface area contributed by atoms with Crippen LogP contribution in [0.5, 0.6) is 0 Å². The lowest BCUT2D eigenvalue weighted by atomic mass is 10.2. The van der Waals surface area contributed by atoms with Crippen LogP contribution >= 0.6 is 23.1 Å². The van der Waals surface area contributed by atoms with Crippen molar-refractivity contribution in [2.45, 2.75) is 17.9 Å². The van der Waals surface area contributed by atoms with Crippen LogP contribution in [0.2, 0.25) is 0 Å². The Balaban J connectivity index is 1.47. The number of anilines is 2. The predicted octanol–water partition coefficient (Wildman–Crippen LogP) is 5.31. The Labute approximate surface area is 174 Å². The molecule has 146 valence electrons. The highest BCUT2D eigenvalue weighted by Gasteiger charge is 2.21. The zero-order valence-corrected chi connectivity index (χ0v) is 16.9. The number of aromatic nitrogens is 3. The number of nitrogens with zero attached hydrogens (tertiary/aromatic N) is 4. The van der Waals surface area contributed by atoms with Crippen LogP contribution in [0.3, 0.4) is 0 Å². The summed E-state index contributed by atoms with van der Waals surface area (Å²) in [6, 6.07) is 15.6. The molecule has 0 fully saturated rings. The molecular formula is C20H15FN4O2S2. The van der Waals surface area contributed by atoms with Gasteiger partial charge in [-0.2, -0.15) is 0 Å². The Morgan fingerprint density at radius 2 is 1.90 bits per heavy atom. The second-order valence-electron chi connectivity index (χ2n) is 5.96. The molecule has 2 heterocycles. The second-order valence-corrected chi connectivity index (χ2v) is 7.72. The van der Waals surface area contributed by atoms with Gasteiger partial charge in [0.1, 0.15) is 5.82 Å². The largest absolute Gasteiger partial charge is 0.411 e. The van der Waals surface area contributed by atoms with E-state index in [1.165, 1.54) is 41.0 Å². The van der Waals surface area contributed by atoms with Crippen LogP contribution in [-0.4, -0.2) is 21.1 Å². The van der Waals surface area contributed by atoms with E-state index in [0.29, 0.717) is 22.0 Å². The second kappa shape index (κ2) is 8.54. The molecule has 0 bridgehead atoms. The molecule has 0 aliphatic carbocycles. The first-order valence-electron chi connectivity index (χ1n) is 8.63. The SMILES string of the molecule is CC(=O)N(c1nc(CSc2nnc(-c3ccccc3)o2)cs1)c1ccccc1F. The summed E-state index contributed by atoms with van der Waals surface area (Å²) >= 11 is 2.62. The van der Waals surface area contributed by atoms with Gasteiger partial charge in [-0.05, 0) is 24.3 Å². The number of carbonyl (C=O) groups excluding carboxylic acids is 1. The number of benzene rings is 2. The van der Waals surface area contributed by atoms with E-state index in [-0.39, 0.29) is 11.6 Å². The Hall–Kier alpha value is -3.04. The van der Waals surface area contributed by atoms with E-state index < -0.39 is 5.82 Å². The van der Waals surface area contributed by atoms with Crippen LogP contribution in [0.25, 0.3) is 11.5 Å². The van der Waals surface area contributed by atoms with Gasteiger partial charge in [0, 0.05) is 23.6 Å². The number of thiazole rings is 1. The molecule has 0 atom stereocenters. The highest BCUT2D eigenvalue weighted by atomic mass is 32.2. The zero-order valence-electron chi connectivity index (χ0n) is 15.3. The molecule has 0 aliphatic heterocycles. The molecule has 1 amide bonds. The quantitative estimate of drug-likeness (QED) is 0.389. The highest BCUT2D eigenvalue weighted by molar-refractivity contribution is 7.98. The van der Waals surface area contributed by atoms with Crippen LogP contribution in [0.1, 0.15) is 12.6 Å². The molecular weight excluding hydrogens is 411 g/mol. The molecule has 0 saturated heterocycles. The van der Waals surface area contributed by atoms with Gasteiger partial charge in [-0.1, -0.05) is 42.1 Å². The van der Waals surface area contributed by atoms with Crippen molar-refractivity contribution in [3.05, 3.63) is 71.5 Å². The maximum absolute atomic E-state index is 14.2. The molecule has 0 saturated carbocycles. The average molecular weight is 426 g/mol. The molecule has 29 heavy (non-hydrogen) atoms. The van der Waals surface area contributed by atoms with E-state index in [1.54, 1.807) is 18.2 Å². The van der Waals surface area contributed by atoms with E-state index in [4.69, 9.17) is 4.42 Å². The third-order valence-electron chi connectivity index (χ3n) is 3.91. The van der Waals surface area contributed by atoms with Crippen molar-refractivity contribution in [2.24, 2.45) is 0 Å². The van der Waals surface area contributed by atoms with Crippen molar-refractivity contribution in [2.75, 3.05) is 4.90 Å². The molecule has 0 unspecified atom stereocenters. The molecule has 0 aliphatic rings. The van der Waals surface area contributed by atoms with Gasteiger partial charge >= 0.3 is 0 Å². The third kappa shape index (κ3) is 4.36. The lowest BCUT2D eigenvalue weighted by Crippen LogP contribution is -2.23. The summed E-state index contributed by atoms with van der Waals surface area (Å²) < 4.78 is 19.8. The molecule has 0 N–H and O–H groups in total. The van der Waals surface area contributed by atoms with E-state index in [1.807, 2.05) is 35.7 Å². The fourth-order valence-electron chi connectivity index (χ4n) is 2.61. The number of halogens is 1. The van der Waals surface area contributed by atoms with Crippen molar-refractivity contribution in [3.63, 3.8) is 0 Å². The predicted molar refractivity (Wildman–Crippen MR) is 111 cm³/mol. The molecule has 0 radical (unpaired) electrons. The Kier molecular flexibility index (Phi) is 5.68. The van der Waals surface area contributed by atoms with Crippen molar-refractivity contribution in [1.82, 2.24) is 15.2 Å². The smallest absolute Gasteiger partial charge is 0.277 e. The molecule has 6 nitrogen and oxygen atoms in total. The Morgan fingerprint density at radius 1 is 1.14 bits per heavy atom. The first-order valence-corrected chi connectivity index (χ1v) is 10.5. The Bertz CT molecular complexity index is 1130. The van der Waals surface area contributed by atoms with Crippen LogP contribution in [-0.2, 0) is 10.5 Å². The maximum atomic E-state index is 14.2. The van der Waals surface area contributed by atoms with Crippen molar-refractivity contribution in [1.29, 1.82) is 0 Å². The standard InChI is InChI=1S/C20H15FN4O2S2/c1-13(26)25(17-10-6-5-9-16(17)21)19-22-15(11-28-19)12-29-20-24-23-18(27-20)14-7-3-2-4-8-14/h2-11H,12H2,1H3. The fourth-order valence-corrected chi connectivity index (χ4v) is 4.25. The monoisotopic (exact) mass is 426 g/mol. The van der Waals surface area contributed by atoms with E-state index in [9.17, 15) is 9.18 Å². The van der Waals surface area contributed by atoms with Gasteiger partial charge in [-0.15, -0.1) is 21.5 Å². The number of carbonyl (C=O) groups is 1. The van der Waals surface area contributed by atoms with Gasteiger partial charge in [0.05, 0.1) is 11.4 Å². The van der Waals surface area contributed by atoms with Crippen molar-refractivity contribution < 1.29 is 13.6 Å². The molecule has 9 heteroatoms. The number of para-hydroxylation sites is 1. The fraction of sp³-hybridized carbons (Fsp3) is 0.100. The summed E-state index contributed by atoms with van der Waals surface area (Å²) in [4.78, 5) is 17.9. The van der Waals surface area contributed by atoms with Crippen LogP contribution in [0.15, 0.2) is 69.6 Å². The summed E-state index contributed by atoms with van der Waals surface area (Å²) in [6.45, 7) is 1.38. The minimum Gasteiger partial charge on any atom is -0.411 e. The third-order valence-corrected chi connectivity index (χ3v) is 5.64. The lowest BCUT2D eigenvalue weighted by Gasteiger charge is -2.18. The average Bonchev–Trinajstić information content (AvgIpc) is 3.38. The molecule has 0 spiro atoms. The van der Waals surface area contributed by atoms with Crippen LogP contribution in [0.4, 0.5) is 15.2 Å². The van der Waals surface area contributed by atoms with E-state index in [0.717, 1.165) is 11.3 Å². The first kappa shape index (κ1) is 19.3. The van der Waals surface area contributed by atoms with Gasteiger partial charge < -0.3 is 4.42 Å². The van der Waals surface area contributed by atoms with Gasteiger partial charge in [-0.3, -0.25) is 9.69 Å². The van der Waals surface area contributed by atoms with Crippen molar-refractivity contribution in [3.8, 4) is 11.5 Å². The lowest BCUT2D eigenvalue weighted by molar-refractivity contribution is -0.115. The summed E-state index contributed by atoms with van der Waals surface area (Å²) in [5.74, 6) is 0.145. The van der Waals surface area contributed by atoms with Crippen LogP contribution < -0.4 is 4.90 Å². The van der Waals surface area contributed by atoms with Gasteiger partial charge in [0.15, 0.2) is 5.13 Å². The van der Waals surface area contributed by atoms with Crippen LogP contribution in [0, 0.1) is 5.82 Å². The number of thioether (sulfide) groups is 1. The van der Waals surface area contributed by atoms with E-state index >= 15 is 0 Å².